The normalized spacial score (nSPS) is 10.2. The maximum atomic E-state index is 11.6. The molecule has 0 aliphatic heterocycles. The Bertz CT molecular complexity index is 552. The molecule has 2 aromatic rings. The van der Waals surface area contributed by atoms with Gasteiger partial charge in [0.2, 0.25) is 0 Å². The van der Waals surface area contributed by atoms with Crippen molar-refractivity contribution in [1.29, 1.82) is 0 Å². The van der Waals surface area contributed by atoms with E-state index in [1.165, 1.54) is 10.6 Å². The molecule has 4 heteroatoms. The molecule has 2 rings (SSSR count). The third-order valence-electron chi connectivity index (χ3n) is 2.15. The van der Waals surface area contributed by atoms with Crippen molar-refractivity contribution in [2.75, 3.05) is 0 Å². The van der Waals surface area contributed by atoms with Crippen LogP contribution >= 0.6 is 12.2 Å². The number of H-pyrrole nitrogens is 1. The Labute approximate surface area is 92.0 Å². The molecule has 0 radical (unpaired) electrons. The average Bonchev–Trinajstić information content (AvgIpc) is 2.20. The van der Waals surface area contributed by atoms with Gasteiger partial charge in [0.25, 0.3) is 5.56 Å². The average molecular weight is 218 g/mol. The maximum absolute atomic E-state index is 11.6. The molecule has 0 unspecified atom stereocenters. The number of hydrogen-bond donors (Lipinski definition) is 1. The van der Waals surface area contributed by atoms with Crippen LogP contribution in [0.3, 0.4) is 0 Å². The summed E-state index contributed by atoms with van der Waals surface area (Å²) in [7, 11) is 0. The molecule has 1 aromatic heterocycles. The molecule has 1 aromatic carbocycles. The lowest BCUT2D eigenvalue weighted by Crippen LogP contribution is -2.18. The van der Waals surface area contributed by atoms with E-state index < -0.39 is 0 Å². The second-order valence-electron chi connectivity index (χ2n) is 3.29. The van der Waals surface area contributed by atoms with Crippen molar-refractivity contribution in [3.05, 3.63) is 57.2 Å². The van der Waals surface area contributed by atoms with Gasteiger partial charge in [0, 0.05) is 12.3 Å². The van der Waals surface area contributed by atoms with Gasteiger partial charge in [-0.2, -0.15) is 0 Å². The highest BCUT2D eigenvalue weighted by molar-refractivity contribution is 7.71. The molecule has 0 fully saturated rings. The van der Waals surface area contributed by atoms with Crippen LogP contribution in [0.25, 0.3) is 5.69 Å². The van der Waals surface area contributed by atoms with Crippen LogP contribution in [0.15, 0.2) is 41.3 Å². The molecule has 0 aliphatic carbocycles. The first-order valence-corrected chi connectivity index (χ1v) is 4.97. The zero-order valence-corrected chi connectivity index (χ0v) is 9.04. The molecule has 3 nitrogen and oxygen atoms in total. The minimum Gasteiger partial charge on any atom is -0.338 e. The zero-order valence-electron chi connectivity index (χ0n) is 8.23. The number of hydrogen-bond acceptors (Lipinski definition) is 2. The summed E-state index contributed by atoms with van der Waals surface area (Å²) in [4.78, 5) is 14.4. The monoisotopic (exact) mass is 218 g/mol. The molecule has 1 N–H and O–H groups in total. The highest BCUT2D eigenvalue weighted by atomic mass is 32.1. The first kappa shape index (κ1) is 9.86. The molecular formula is C11H10N2OS. The summed E-state index contributed by atoms with van der Waals surface area (Å²) in [5, 5.41) is 0. The number of nitrogens with zero attached hydrogens (tertiary/aromatic N) is 1. The molecule has 15 heavy (non-hydrogen) atoms. The Morgan fingerprint density at radius 2 is 1.87 bits per heavy atom. The Morgan fingerprint density at radius 1 is 1.20 bits per heavy atom. The molecule has 0 saturated heterocycles. The number of aromatic amines is 1. The van der Waals surface area contributed by atoms with Crippen molar-refractivity contribution in [2.45, 2.75) is 6.92 Å². The zero-order chi connectivity index (χ0) is 10.8. The summed E-state index contributed by atoms with van der Waals surface area (Å²) in [5.41, 5.74) is 1.81. The van der Waals surface area contributed by atoms with Crippen molar-refractivity contribution in [3.63, 3.8) is 0 Å². The number of nitrogens with one attached hydrogen (secondary N) is 1. The topological polar surface area (TPSA) is 37.8 Å². The minimum atomic E-state index is -0.123. The molecule has 0 spiro atoms. The van der Waals surface area contributed by atoms with Crippen LogP contribution in [-0.2, 0) is 0 Å². The van der Waals surface area contributed by atoms with Crippen LogP contribution in [-0.4, -0.2) is 9.55 Å². The summed E-state index contributed by atoms with van der Waals surface area (Å²) in [5.74, 6) is 0. The molecule has 1 heterocycles. The van der Waals surface area contributed by atoms with Crippen molar-refractivity contribution in [3.8, 4) is 5.69 Å². The second-order valence-corrected chi connectivity index (χ2v) is 3.68. The first-order chi connectivity index (χ1) is 7.18. The van der Waals surface area contributed by atoms with Crippen LogP contribution in [0, 0.1) is 11.7 Å². The third kappa shape index (κ3) is 1.89. The number of aryl methyl sites for hydroxylation is 1. The van der Waals surface area contributed by atoms with Gasteiger partial charge in [0.05, 0.1) is 5.69 Å². The van der Waals surface area contributed by atoms with Gasteiger partial charge in [-0.25, -0.2) is 0 Å². The fourth-order valence-corrected chi connectivity index (χ4v) is 1.63. The van der Waals surface area contributed by atoms with Gasteiger partial charge in [-0.15, -0.1) is 0 Å². The lowest BCUT2D eigenvalue weighted by atomic mass is 10.2. The van der Waals surface area contributed by atoms with Gasteiger partial charge in [-0.05, 0) is 31.3 Å². The van der Waals surface area contributed by atoms with E-state index in [1.807, 2.05) is 31.2 Å². The predicted octanol–water partition coefficient (Wildman–Crippen LogP) is 2.20. The quantitative estimate of drug-likeness (QED) is 0.745. The fourth-order valence-electron chi connectivity index (χ4n) is 1.36. The summed E-state index contributed by atoms with van der Waals surface area (Å²) >= 11 is 5.06. The molecule has 0 atom stereocenters. The summed E-state index contributed by atoms with van der Waals surface area (Å²) in [6.45, 7) is 2.00. The van der Waals surface area contributed by atoms with E-state index in [1.54, 1.807) is 6.20 Å². The maximum Gasteiger partial charge on any atom is 0.258 e. The highest BCUT2D eigenvalue weighted by Crippen LogP contribution is 2.06. The van der Waals surface area contributed by atoms with Crippen LogP contribution in [0.2, 0.25) is 0 Å². The van der Waals surface area contributed by atoms with Crippen molar-refractivity contribution in [1.82, 2.24) is 9.55 Å². The van der Waals surface area contributed by atoms with Crippen LogP contribution in [0.1, 0.15) is 5.56 Å². The summed E-state index contributed by atoms with van der Waals surface area (Å²) in [6.07, 6.45) is 1.55. The van der Waals surface area contributed by atoms with Gasteiger partial charge in [-0.1, -0.05) is 17.7 Å². The van der Waals surface area contributed by atoms with Crippen LogP contribution in [0.5, 0.6) is 0 Å². The lowest BCUT2D eigenvalue weighted by Gasteiger charge is -2.04. The van der Waals surface area contributed by atoms with Gasteiger partial charge in [0.1, 0.15) is 0 Å². The Hall–Kier alpha value is -1.68. The van der Waals surface area contributed by atoms with E-state index in [0.717, 1.165) is 11.3 Å². The molecule has 0 saturated carbocycles. The van der Waals surface area contributed by atoms with E-state index in [9.17, 15) is 4.79 Å². The van der Waals surface area contributed by atoms with E-state index in [0.29, 0.717) is 4.77 Å². The Balaban J connectivity index is 2.69. The molecule has 0 aliphatic rings. The third-order valence-corrected chi connectivity index (χ3v) is 2.45. The predicted molar refractivity (Wildman–Crippen MR) is 62.0 cm³/mol. The van der Waals surface area contributed by atoms with Crippen molar-refractivity contribution >= 4 is 12.2 Å². The van der Waals surface area contributed by atoms with Gasteiger partial charge < -0.3 is 4.98 Å². The lowest BCUT2D eigenvalue weighted by molar-refractivity contribution is 0.912. The van der Waals surface area contributed by atoms with Crippen molar-refractivity contribution < 1.29 is 0 Å². The van der Waals surface area contributed by atoms with Crippen LogP contribution in [0.4, 0.5) is 0 Å². The minimum absolute atomic E-state index is 0.123. The Morgan fingerprint density at radius 3 is 2.47 bits per heavy atom. The van der Waals surface area contributed by atoms with Gasteiger partial charge >= 0.3 is 0 Å². The fraction of sp³-hybridized carbons (Fsp3) is 0.0909. The molecule has 76 valence electrons. The van der Waals surface area contributed by atoms with E-state index in [-0.39, 0.29) is 5.56 Å². The van der Waals surface area contributed by atoms with Gasteiger partial charge in [0.15, 0.2) is 4.77 Å². The Kier molecular flexibility index (Phi) is 2.51. The van der Waals surface area contributed by atoms with E-state index in [2.05, 4.69) is 4.98 Å². The number of aromatic nitrogens is 2. The van der Waals surface area contributed by atoms with Gasteiger partial charge in [-0.3, -0.25) is 9.36 Å². The van der Waals surface area contributed by atoms with Crippen molar-refractivity contribution in [2.24, 2.45) is 0 Å². The van der Waals surface area contributed by atoms with Crippen LogP contribution < -0.4 is 5.56 Å². The number of benzene rings is 1. The molecule has 0 bridgehead atoms. The summed E-state index contributed by atoms with van der Waals surface area (Å²) < 4.78 is 1.88. The molecular weight excluding hydrogens is 208 g/mol. The smallest absolute Gasteiger partial charge is 0.258 e. The largest absolute Gasteiger partial charge is 0.338 e. The standard InChI is InChI=1S/C11H10N2OS/c1-8-2-4-9(5-3-8)13-10(14)6-7-12-11(13)15/h2-7H,1H3,(H,12,15). The van der Waals surface area contributed by atoms with E-state index in [4.69, 9.17) is 12.2 Å². The summed E-state index contributed by atoms with van der Waals surface area (Å²) in [6, 6.07) is 9.10. The highest BCUT2D eigenvalue weighted by Gasteiger charge is 1.99. The first-order valence-electron chi connectivity index (χ1n) is 4.56. The SMILES string of the molecule is Cc1ccc(-n2c(=O)cc[nH]c2=S)cc1. The van der Waals surface area contributed by atoms with E-state index >= 15 is 0 Å². The molecule has 0 amide bonds. The second kappa shape index (κ2) is 3.82. The number of rotatable bonds is 1.